The van der Waals surface area contributed by atoms with Gasteiger partial charge in [0.2, 0.25) is 5.91 Å². The molecule has 5 rings (SSSR count). The molecule has 0 bridgehead atoms. The van der Waals surface area contributed by atoms with Gasteiger partial charge in [0.25, 0.3) is 0 Å². The largest absolute Gasteiger partial charge is 0.369 e. The van der Waals surface area contributed by atoms with Crippen LogP contribution in [0.25, 0.3) is 0 Å². The smallest absolute Gasteiger partial charge is 0.247 e. The van der Waals surface area contributed by atoms with E-state index in [2.05, 4.69) is 44.0 Å². The van der Waals surface area contributed by atoms with Gasteiger partial charge in [0.05, 0.1) is 12.6 Å². The molecule has 2 aliphatic rings. The molecule has 2 N–H and O–H groups in total. The van der Waals surface area contributed by atoms with Crippen molar-refractivity contribution in [1.82, 2.24) is 14.9 Å². The number of carbonyl (C=O) groups excluding carboxylic acids is 1. The number of likely N-dealkylation sites (N-methyl/N-ethyl adjacent to an activating group) is 1. The van der Waals surface area contributed by atoms with Crippen LogP contribution in [0.15, 0.2) is 61.4 Å². The number of benzene rings is 2. The summed E-state index contributed by atoms with van der Waals surface area (Å²) in [5, 5.41) is 7.68. The number of anilines is 5. The number of piperazine rings is 1. The van der Waals surface area contributed by atoms with Crippen LogP contribution in [0.5, 0.6) is 0 Å². The fourth-order valence-electron chi connectivity index (χ4n) is 4.65. The van der Waals surface area contributed by atoms with Crippen LogP contribution in [0.2, 0.25) is 0 Å². The molecule has 1 amide bonds. The maximum atomic E-state index is 13.9. The summed E-state index contributed by atoms with van der Waals surface area (Å²) < 4.78 is 27.7. The van der Waals surface area contributed by atoms with E-state index in [1.54, 1.807) is 11.1 Å². The van der Waals surface area contributed by atoms with Crippen molar-refractivity contribution >= 4 is 34.6 Å². The van der Waals surface area contributed by atoms with Crippen molar-refractivity contribution in [1.29, 1.82) is 0 Å². The van der Waals surface area contributed by atoms with E-state index in [1.165, 1.54) is 24.5 Å². The minimum absolute atomic E-state index is 0.304. The lowest BCUT2D eigenvalue weighted by atomic mass is 10.0. The van der Waals surface area contributed by atoms with E-state index in [1.807, 2.05) is 18.2 Å². The fourth-order valence-corrected chi connectivity index (χ4v) is 4.65. The van der Waals surface area contributed by atoms with Crippen molar-refractivity contribution in [2.75, 3.05) is 60.4 Å². The summed E-state index contributed by atoms with van der Waals surface area (Å²) in [4.78, 5) is 31.0. The molecule has 0 aliphatic carbocycles. The molecule has 0 saturated carbocycles. The zero-order valence-electron chi connectivity index (χ0n) is 21.0. The molecule has 9 nitrogen and oxygen atoms in total. The Balaban J connectivity index is 1.40. The van der Waals surface area contributed by atoms with E-state index in [9.17, 15) is 13.6 Å². The molecule has 1 atom stereocenters. The standard InChI is InChI=1S/C27H29F2N7O2/c1-3-27(37)33-22-13-21(14-23(15-22)35-7-5-34(2)6-8-35)32-25-16-26(31-17-30-25)36-24(4-9-38-36)18-10-19(28)12-20(29)11-18/h3,10-17,24H,1,4-9H2,2H3,(H,33,37)(H,30,31,32). The lowest BCUT2D eigenvalue weighted by molar-refractivity contribution is -0.111. The molecular formula is C27H29F2N7O2. The van der Waals surface area contributed by atoms with Gasteiger partial charge in [-0.3, -0.25) is 9.63 Å². The molecule has 198 valence electrons. The monoisotopic (exact) mass is 521 g/mol. The normalized spacial score (nSPS) is 17.9. The zero-order valence-corrected chi connectivity index (χ0v) is 21.0. The minimum Gasteiger partial charge on any atom is -0.369 e. The molecule has 2 fully saturated rings. The number of nitrogens with one attached hydrogen (secondary N) is 2. The summed E-state index contributed by atoms with van der Waals surface area (Å²) in [7, 11) is 2.09. The number of hydrogen-bond donors (Lipinski definition) is 2. The number of hydroxylamine groups is 1. The van der Waals surface area contributed by atoms with E-state index in [0.29, 0.717) is 35.9 Å². The van der Waals surface area contributed by atoms with E-state index < -0.39 is 17.7 Å². The number of carbonyl (C=O) groups is 1. The Bertz CT molecular complexity index is 1310. The van der Waals surface area contributed by atoms with Crippen molar-refractivity contribution in [3.05, 3.63) is 78.6 Å². The Morgan fingerprint density at radius 3 is 2.50 bits per heavy atom. The first kappa shape index (κ1) is 25.6. The first-order valence-corrected chi connectivity index (χ1v) is 12.4. The summed E-state index contributed by atoms with van der Waals surface area (Å²) in [6.07, 6.45) is 3.17. The number of aromatic nitrogens is 2. The third-order valence-corrected chi connectivity index (χ3v) is 6.56. The Hall–Kier alpha value is -4.09. The van der Waals surface area contributed by atoms with Crippen LogP contribution in [0.4, 0.5) is 37.5 Å². The topological polar surface area (TPSA) is 85.9 Å². The van der Waals surface area contributed by atoms with Crippen molar-refractivity contribution < 1.29 is 18.4 Å². The number of amides is 1. The number of nitrogens with zero attached hydrogens (tertiary/aromatic N) is 5. The zero-order chi connectivity index (χ0) is 26.6. The van der Waals surface area contributed by atoms with E-state index in [0.717, 1.165) is 43.6 Å². The van der Waals surface area contributed by atoms with Crippen LogP contribution in [0, 0.1) is 11.6 Å². The van der Waals surface area contributed by atoms with Crippen LogP contribution in [0.3, 0.4) is 0 Å². The molecule has 0 radical (unpaired) electrons. The molecule has 2 aliphatic heterocycles. The molecule has 1 aromatic heterocycles. The molecule has 1 unspecified atom stereocenters. The molecule has 0 spiro atoms. The van der Waals surface area contributed by atoms with Gasteiger partial charge in [-0.2, -0.15) is 0 Å². The van der Waals surface area contributed by atoms with Crippen molar-refractivity contribution in [2.45, 2.75) is 12.5 Å². The van der Waals surface area contributed by atoms with Crippen LogP contribution in [0.1, 0.15) is 18.0 Å². The predicted molar refractivity (Wildman–Crippen MR) is 142 cm³/mol. The van der Waals surface area contributed by atoms with Gasteiger partial charge in [0.15, 0.2) is 5.82 Å². The summed E-state index contributed by atoms with van der Waals surface area (Å²) >= 11 is 0. The molecule has 3 aromatic rings. The Morgan fingerprint density at radius 1 is 1.03 bits per heavy atom. The van der Waals surface area contributed by atoms with Gasteiger partial charge in [-0.15, -0.1) is 0 Å². The highest BCUT2D eigenvalue weighted by atomic mass is 19.1. The van der Waals surface area contributed by atoms with E-state index in [4.69, 9.17) is 4.84 Å². The van der Waals surface area contributed by atoms with Gasteiger partial charge in [0.1, 0.15) is 23.8 Å². The summed E-state index contributed by atoms with van der Waals surface area (Å²) in [6.45, 7) is 7.52. The van der Waals surface area contributed by atoms with Crippen molar-refractivity contribution in [2.24, 2.45) is 0 Å². The van der Waals surface area contributed by atoms with Crippen LogP contribution in [-0.4, -0.2) is 60.6 Å². The van der Waals surface area contributed by atoms with Gasteiger partial charge < -0.3 is 20.4 Å². The van der Waals surface area contributed by atoms with Crippen LogP contribution in [-0.2, 0) is 9.63 Å². The maximum Gasteiger partial charge on any atom is 0.247 e. The average molecular weight is 522 g/mol. The van der Waals surface area contributed by atoms with Gasteiger partial charge >= 0.3 is 0 Å². The predicted octanol–water partition coefficient (Wildman–Crippen LogP) is 4.26. The van der Waals surface area contributed by atoms with Crippen LogP contribution >= 0.6 is 0 Å². The van der Waals surface area contributed by atoms with E-state index >= 15 is 0 Å². The highest BCUT2D eigenvalue weighted by Gasteiger charge is 2.30. The maximum absolute atomic E-state index is 13.9. The number of hydrogen-bond acceptors (Lipinski definition) is 8. The average Bonchev–Trinajstić information content (AvgIpc) is 3.39. The van der Waals surface area contributed by atoms with E-state index in [-0.39, 0.29) is 5.91 Å². The summed E-state index contributed by atoms with van der Waals surface area (Å²) in [5.74, 6) is -0.647. The van der Waals surface area contributed by atoms with Gasteiger partial charge in [-0.25, -0.2) is 23.8 Å². The third kappa shape index (κ3) is 5.90. The van der Waals surface area contributed by atoms with Gasteiger partial charge in [0, 0.05) is 61.8 Å². The lowest BCUT2D eigenvalue weighted by Gasteiger charge is -2.34. The Morgan fingerprint density at radius 2 is 1.76 bits per heavy atom. The van der Waals surface area contributed by atoms with Gasteiger partial charge in [-0.05, 0) is 49.0 Å². The number of rotatable bonds is 7. The molecule has 3 heterocycles. The second-order valence-electron chi connectivity index (χ2n) is 9.30. The highest BCUT2D eigenvalue weighted by molar-refractivity contribution is 5.99. The third-order valence-electron chi connectivity index (χ3n) is 6.56. The molecule has 2 saturated heterocycles. The first-order chi connectivity index (χ1) is 18.4. The second kappa shape index (κ2) is 11.1. The molecule has 2 aromatic carbocycles. The molecule has 38 heavy (non-hydrogen) atoms. The molecule has 11 heteroatoms. The fraction of sp³-hybridized carbons (Fsp3) is 0.296. The number of halogens is 2. The van der Waals surface area contributed by atoms with Gasteiger partial charge in [-0.1, -0.05) is 6.58 Å². The SMILES string of the molecule is C=CC(=O)Nc1cc(Nc2cc(N3OCCC3c3cc(F)cc(F)c3)ncn2)cc(N2CCN(C)CC2)c1. The van der Waals surface area contributed by atoms with Crippen molar-refractivity contribution in [3.63, 3.8) is 0 Å². The minimum atomic E-state index is -0.642. The lowest BCUT2D eigenvalue weighted by Crippen LogP contribution is -2.44. The van der Waals surface area contributed by atoms with Crippen molar-refractivity contribution in [3.8, 4) is 0 Å². The Kier molecular flexibility index (Phi) is 7.47. The highest BCUT2D eigenvalue weighted by Crippen LogP contribution is 2.35. The quantitative estimate of drug-likeness (QED) is 0.447. The summed E-state index contributed by atoms with van der Waals surface area (Å²) in [6, 6.07) is 10.5. The van der Waals surface area contributed by atoms with Crippen LogP contribution < -0.4 is 20.6 Å². The second-order valence-corrected chi connectivity index (χ2v) is 9.30. The molecular weight excluding hydrogens is 492 g/mol. The Labute approximate surface area is 219 Å². The summed E-state index contributed by atoms with van der Waals surface area (Å²) in [5.41, 5.74) is 2.78. The first-order valence-electron chi connectivity index (χ1n) is 12.4.